The summed E-state index contributed by atoms with van der Waals surface area (Å²) in [5.41, 5.74) is 1.06. The second-order valence-electron chi connectivity index (χ2n) is 5.87. The molecule has 1 fully saturated rings. The molecule has 1 aliphatic rings. The molecule has 1 aliphatic heterocycles. The lowest BCUT2D eigenvalue weighted by molar-refractivity contribution is -0.136. The molecule has 0 aliphatic carbocycles. The zero-order valence-electron chi connectivity index (χ0n) is 13.6. The number of hydrogen-bond acceptors (Lipinski definition) is 3. The van der Waals surface area contributed by atoms with E-state index in [2.05, 4.69) is 5.32 Å². The van der Waals surface area contributed by atoms with Crippen LogP contribution in [0.1, 0.15) is 31.2 Å². The molecule has 2 rings (SSSR count). The van der Waals surface area contributed by atoms with Crippen molar-refractivity contribution in [1.29, 1.82) is 0 Å². The molecule has 24 heavy (non-hydrogen) atoms. The molecule has 1 N–H and O–H groups in total. The van der Waals surface area contributed by atoms with E-state index in [1.54, 1.807) is 12.1 Å². The van der Waals surface area contributed by atoms with Crippen molar-refractivity contribution >= 4 is 5.91 Å². The number of carbonyl (C=O) groups excluding carboxylic acids is 1. The smallest absolute Gasteiger partial charge is 0.389 e. The van der Waals surface area contributed by atoms with Gasteiger partial charge in [0.05, 0.1) is 6.61 Å². The van der Waals surface area contributed by atoms with Gasteiger partial charge in [0.1, 0.15) is 5.75 Å². The lowest BCUT2D eigenvalue weighted by atomic mass is 10.2. The van der Waals surface area contributed by atoms with E-state index in [4.69, 9.17) is 4.74 Å². The number of halogens is 3. The van der Waals surface area contributed by atoms with Crippen LogP contribution in [0.5, 0.6) is 5.75 Å². The van der Waals surface area contributed by atoms with Crippen LogP contribution in [0.3, 0.4) is 0 Å². The van der Waals surface area contributed by atoms with Gasteiger partial charge in [0.25, 0.3) is 0 Å². The summed E-state index contributed by atoms with van der Waals surface area (Å²) < 4.78 is 41.4. The Kier molecular flexibility index (Phi) is 6.90. The van der Waals surface area contributed by atoms with Crippen LogP contribution < -0.4 is 10.1 Å². The zero-order valence-corrected chi connectivity index (χ0v) is 13.6. The van der Waals surface area contributed by atoms with E-state index in [1.165, 1.54) is 0 Å². The minimum atomic E-state index is -4.13. The molecule has 1 saturated heterocycles. The van der Waals surface area contributed by atoms with Crippen molar-refractivity contribution < 1.29 is 22.7 Å². The predicted molar refractivity (Wildman–Crippen MR) is 84.7 cm³/mol. The second-order valence-corrected chi connectivity index (χ2v) is 5.87. The van der Waals surface area contributed by atoms with E-state index in [-0.39, 0.29) is 18.9 Å². The number of likely N-dealkylation sites (tertiary alicyclic amines) is 1. The van der Waals surface area contributed by atoms with Crippen molar-refractivity contribution in [1.82, 2.24) is 10.2 Å². The summed E-state index contributed by atoms with van der Waals surface area (Å²) in [5.74, 6) is 0.799. The van der Waals surface area contributed by atoms with Crippen molar-refractivity contribution in [2.24, 2.45) is 0 Å². The highest BCUT2D eigenvalue weighted by Crippen LogP contribution is 2.21. The number of nitrogens with zero attached hydrogens (tertiary/aromatic N) is 1. The van der Waals surface area contributed by atoms with Gasteiger partial charge < -0.3 is 15.0 Å². The molecule has 0 unspecified atom stereocenters. The standard InChI is InChI=1S/C17H23F3N2O2/c18-17(19,20)8-2-12-24-15-6-4-14(5-7-15)13-21-9-11-22-10-1-3-16(22)23/h4-7,21H,1-3,8-13H2. The summed E-state index contributed by atoms with van der Waals surface area (Å²) in [6, 6.07) is 7.28. The number of benzene rings is 1. The van der Waals surface area contributed by atoms with Crippen LogP contribution in [-0.2, 0) is 11.3 Å². The van der Waals surface area contributed by atoms with Gasteiger partial charge in [-0.3, -0.25) is 4.79 Å². The number of hydrogen-bond donors (Lipinski definition) is 1. The van der Waals surface area contributed by atoms with Crippen LogP contribution in [0.25, 0.3) is 0 Å². The Morgan fingerprint density at radius 1 is 1.21 bits per heavy atom. The van der Waals surface area contributed by atoms with Gasteiger partial charge in [-0.25, -0.2) is 0 Å². The summed E-state index contributed by atoms with van der Waals surface area (Å²) >= 11 is 0. The number of carbonyl (C=O) groups is 1. The average Bonchev–Trinajstić information content (AvgIpc) is 2.94. The Hall–Kier alpha value is -1.76. The molecular formula is C17H23F3N2O2. The van der Waals surface area contributed by atoms with Crippen LogP contribution in [0.4, 0.5) is 13.2 Å². The molecule has 134 valence electrons. The normalized spacial score (nSPS) is 15.1. The highest BCUT2D eigenvalue weighted by Gasteiger charge is 2.26. The van der Waals surface area contributed by atoms with Gasteiger partial charge in [0.15, 0.2) is 0 Å². The van der Waals surface area contributed by atoms with Crippen LogP contribution in [0.15, 0.2) is 24.3 Å². The van der Waals surface area contributed by atoms with E-state index < -0.39 is 12.6 Å². The van der Waals surface area contributed by atoms with Gasteiger partial charge in [-0.1, -0.05) is 12.1 Å². The zero-order chi connectivity index (χ0) is 17.4. The Balaban J connectivity index is 1.60. The van der Waals surface area contributed by atoms with Crippen molar-refractivity contribution in [2.45, 2.75) is 38.4 Å². The predicted octanol–water partition coefficient (Wildman–Crippen LogP) is 3.12. The third kappa shape index (κ3) is 6.78. The lowest BCUT2D eigenvalue weighted by Crippen LogP contribution is -2.32. The van der Waals surface area contributed by atoms with Gasteiger partial charge in [-0.15, -0.1) is 0 Å². The van der Waals surface area contributed by atoms with Gasteiger partial charge in [0.2, 0.25) is 5.91 Å². The molecule has 0 bridgehead atoms. The van der Waals surface area contributed by atoms with Crippen molar-refractivity contribution in [2.75, 3.05) is 26.2 Å². The van der Waals surface area contributed by atoms with Crippen molar-refractivity contribution in [3.63, 3.8) is 0 Å². The quantitative estimate of drug-likeness (QED) is 0.700. The lowest BCUT2D eigenvalue weighted by Gasteiger charge is -2.15. The van der Waals surface area contributed by atoms with E-state index in [0.29, 0.717) is 18.7 Å². The molecule has 1 heterocycles. The maximum Gasteiger partial charge on any atom is 0.389 e. The second kappa shape index (κ2) is 8.92. The molecule has 0 radical (unpaired) electrons. The minimum absolute atomic E-state index is 0.0397. The maximum atomic E-state index is 12.0. The maximum absolute atomic E-state index is 12.0. The SMILES string of the molecule is O=C1CCCN1CCNCc1ccc(OCCCC(F)(F)F)cc1. The molecule has 1 aromatic carbocycles. The Labute approximate surface area is 140 Å². The van der Waals surface area contributed by atoms with Crippen LogP contribution in [0.2, 0.25) is 0 Å². The fourth-order valence-electron chi connectivity index (χ4n) is 2.55. The van der Waals surface area contributed by atoms with Gasteiger partial charge in [-0.2, -0.15) is 13.2 Å². The highest BCUT2D eigenvalue weighted by atomic mass is 19.4. The summed E-state index contributed by atoms with van der Waals surface area (Å²) in [7, 11) is 0. The molecule has 0 spiro atoms. The molecular weight excluding hydrogens is 321 g/mol. The van der Waals surface area contributed by atoms with Gasteiger partial charge in [0, 0.05) is 39.0 Å². The molecule has 1 amide bonds. The number of rotatable bonds is 9. The molecule has 4 nitrogen and oxygen atoms in total. The first-order chi connectivity index (χ1) is 11.4. The molecule has 0 saturated carbocycles. The van der Waals surface area contributed by atoms with Gasteiger partial charge in [-0.05, 0) is 30.5 Å². The summed E-state index contributed by atoms with van der Waals surface area (Å²) in [4.78, 5) is 13.3. The molecule has 0 atom stereocenters. The fraction of sp³-hybridized carbons (Fsp3) is 0.588. The summed E-state index contributed by atoms with van der Waals surface area (Å²) in [6.07, 6.45) is -3.39. The first kappa shape index (κ1) is 18.6. The van der Waals surface area contributed by atoms with Crippen molar-refractivity contribution in [3.05, 3.63) is 29.8 Å². The Morgan fingerprint density at radius 2 is 1.96 bits per heavy atom. The van der Waals surface area contributed by atoms with Crippen LogP contribution >= 0.6 is 0 Å². The largest absolute Gasteiger partial charge is 0.494 e. The number of ether oxygens (including phenoxy) is 1. The number of nitrogens with one attached hydrogen (secondary N) is 1. The molecule has 0 aromatic heterocycles. The minimum Gasteiger partial charge on any atom is -0.494 e. The molecule has 7 heteroatoms. The van der Waals surface area contributed by atoms with E-state index in [1.807, 2.05) is 17.0 Å². The van der Waals surface area contributed by atoms with Crippen LogP contribution in [0, 0.1) is 0 Å². The Morgan fingerprint density at radius 3 is 2.58 bits per heavy atom. The van der Waals surface area contributed by atoms with Gasteiger partial charge >= 0.3 is 6.18 Å². The number of amides is 1. The third-order valence-corrected chi connectivity index (χ3v) is 3.86. The highest BCUT2D eigenvalue weighted by molar-refractivity contribution is 5.78. The molecule has 1 aromatic rings. The first-order valence-electron chi connectivity index (χ1n) is 8.21. The van der Waals surface area contributed by atoms with E-state index in [0.717, 1.165) is 31.6 Å². The third-order valence-electron chi connectivity index (χ3n) is 3.86. The summed E-state index contributed by atoms with van der Waals surface area (Å²) in [6.45, 7) is 3.04. The van der Waals surface area contributed by atoms with E-state index >= 15 is 0 Å². The topological polar surface area (TPSA) is 41.6 Å². The first-order valence-corrected chi connectivity index (χ1v) is 8.21. The monoisotopic (exact) mass is 344 g/mol. The van der Waals surface area contributed by atoms with Crippen molar-refractivity contribution in [3.8, 4) is 5.75 Å². The number of alkyl halides is 3. The van der Waals surface area contributed by atoms with Crippen LogP contribution in [-0.4, -0.2) is 43.2 Å². The summed E-state index contributed by atoms with van der Waals surface area (Å²) in [5, 5.41) is 3.28. The fourth-order valence-corrected chi connectivity index (χ4v) is 2.55. The Bertz CT molecular complexity index is 518. The van der Waals surface area contributed by atoms with E-state index in [9.17, 15) is 18.0 Å². The average molecular weight is 344 g/mol.